The van der Waals surface area contributed by atoms with E-state index in [2.05, 4.69) is 10.4 Å². The van der Waals surface area contributed by atoms with Crippen molar-refractivity contribution in [3.63, 3.8) is 0 Å². The fraction of sp³-hybridized carbons (Fsp3) is 0.733. The molecular weight excluding hydrogens is 252 g/mol. The molecule has 3 saturated carbocycles. The fourth-order valence-electron chi connectivity index (χ4n) is 4.86. The van der Waals surface area contributed by atoms with Crippen molar-refractivity contribution in [1.29, 1.82) is 0 Å². The molecule has 0 aromatic carbocycles. The maximum Gasteiger partial charge on any atom is 0.271 e. The Balaban J connectivity index is 1.51. The number of amides is 1. The monoisotopic (exact) mass is 274 g/mol. The van der Waals surface area contributed by atoms with Gasteiger partial charge in [-0.1, -0.05) is 6.92 Å². The van der Waals surface area contributed by atoms with Crippen molar-refractivity contribution in [2.45, 2.75) is 38.6 Å². The molecule has 0 spiro atoms. The van der Waals surface area contributed by atoms with Gasteiger partial charge in [0, 0.05) is 13.1 Å². The molecule has 0 radical (unpaired) electrons. The smallest absolute Gasteiger partial charge is 0.271 e. The Morgan fingerprint density at radius 3 is 2.60 bits per heavy atom. The maximum absolute atomic E-state index is 12.5. The van der Waals surface area contributed by atoms with Crippen LogP contribution in [0.25, 0.3) is 0 Å². The normalized spacial score (nSPS) is 37.0. The van der Waals surface area contributed by atoms with Crippen LogP contribution < -0.4 is 11.1 Å². The van der Waals surface area contributed by atoms with Gasteiger partial charge in [0.1, 0.15) is 5.69 Å². The highest BCUT2D eigenvalue weighted by Crippen LogP contribution is 2.65. The molecule has 108 valence electrons. The highest BCUT2D eigenvalue weighted by atomic mass is 16.2. The lowest BCUT2D eigenvalue weighted by Gasteiger charge is -2.11. The number of aryl methyl sites for hydroxylation is 2. The van der Waals surface area contributed by atoms with Crippen LogP contribution in [-0.2, 0) is 13.5 Å². The zero-order valence-electron chi connectivity index (χ0n) is 12.1. The molecule has 4 rings (SSSR count). The lowest BCUT2D eigenvalue weighted by Crippen LogP contribution is -2.31. The summed E-state index contributed by atoms with van der Waals surface area (Å²) in [6.07, 6.45) is 4.89. The van der Waals surface area contributed by atoms with Crippen LogP contribution >= 0.6 is 0 Å². The van der Waals surface area contributed by atoms with Crippen LogP contribution in [0.3, 0.4) is 0 Å². The molecule has 0 saturated heterocycles. The molecule has 3 aliphatic carbocycles. The van der Waals surface area contributed by atoms with E-state index < -0.39 is 0 Å². The van der Waals surface area contributed by atoms with E-state index in [4.69, 9.17) is 5.73 Å². The third-order valence-electron chi connectivity index (χ3n) is 5.74. The molecule has 20 heavy (non-hydrogen) atoms. The first kappa shape index (κ1) is 12.2. The Kier molecular flexibility index (Phi) is 2.44. The van der Waals surface area contributed by atoms with Gasteiger partial charge in [-0.3, -0.25) is 9.48 Å². The standard InChI is InChI=1S/C15H22N4O/c1-3-9-12(16)14(19(2)18-9)15(20)17-13-10-7-4-5-8(6-7)11(10)13/h7-8,10-11,13H,3-6,16H2,1-2H3,(H,17,20). The zero-order valence-corrected chi connectivity index (χ0v) is 12.1. The summed E-state index contributed by atoms with van der Waals surface area (Å²) in [5, 5.41) is 7.54. The summed E-state index contributed by atoms with van der Waals surface area (Å²) in [6.45, 7) is 2.00. The number of nitrogens with two attached hydrogens (primary N) is 1. The Bertz CT molecular complexity index is 563. The van der Waals surface area contributed by atoms with Crippen LogP contribution in [0.1, 0.15) is 42.4 Å². The van der Waals surface area contributed by atoms with Gasteiger partial charge in [0.25, 0.3) is 5.91 Å². The number of hydrogen-bond acceptors (Lipinski definition) is 3. The molecular formula is C15H22N4O. The zero-order chi connectivity index (χ0) is 14.0. The lowest BCUT2D eigenvalue weighted by atomic mass is 10.0. The molecule has 0 aliphatic heterocycles. The number of anilines is 1. The van der Waals surface area contributed by atoms with Crippen LogP contribution in [0, 0.1) is 23.7 Å². The minimum Gasteiger partial charge on any atom is -0.395 e. The molecule has 4 unspecified atom stereocenters. The van der Waals surface area contributed by atoms with E-state index in [0.717, 1.165) is 35.8 Å². The van der Waals surface area contributed by atoms with Gasteiger partial charge in [0.05, 0.1) is 11.4 Å². The third-order valence-corrected chi connectivity index (χ3v) is 5.74. The highest BCUT2D eigenvalue weighted by molar-refractivity contribution is 5.98. The van der Waals surface area contributed by atoms with Crippen LogP contribution in [0.15, 0.2) is 0 Å². The first-order chi connectivity index (χ1) is 9.61. The summed E-state index contributed by atoms with van der Waals surface area (Å²) in [4.78, 5) is 12.5. The highest BCUT2D eigenvalue weighted by Gasteiger charge is 2.65. The molecule has 3 N–H and O–H groups in total. The molecule has 1 aromatic heterocycles. The van der Waals surface area contributed by atoms with E-state index >= 15 is 0 Å². The number of carbonyl (C=O) groups is 1. The average molecular weight is 274 g/mol. The van der Waals surface area contributed by atoms with Gasteiger partial charge < -0.3 is 11.1 Å². The summed E-state index contributed by atoms with van der Waals surface area (Å²) >= 11 is 0. The largest absolute Gasteiger partial charge is 0.395 e. The number of aromatic nitrogens is 2. The molecule has 5 nitrogen and oxygen atoms in total. The minimum atomic E-state index is -0.0454. The molecule has 1 amide bonds. The summed E-state index contributed by atoms with van der Waals surface area (Å²) in [7, 11) is 1.79. The average Bonchev–Trinajstić information content (AvgIpc) is 2.78. The maximum atomic E-state index is 12.5. The summed E-state index contributed by atoms with van der Waals surface area (Å²) in [5.41, 5.74) is 7.93. The van der Waals surface area contributed by atoms with Gasteiger partial charge in [-0.2, -0.15) is 5.10 Å². The second-order valence-corrected chi connectivity index (χ2v) is 6.67. The number of carbonyl (C=O) groups excluding carboxylic acids is 1. The molecule has 1 heterocycles. The molecule has 3 fully saturated rings. The van der Waals surface area contributed by atoms with Gasteiger partial charge >= 0.3 is 0 Å². The Labute approximate surface area is 118 Å². The van der Waals surface area contributed by atoms with E-state index in [-0.39, 0.29) is 5.91 Å². The Morgan fingerprint density at radius 2 is 2.05 bits per heavy atom. The second-order valence-electron chi connectivity index (χ2n) is 6.67. The van der Waals surface area contributed by atoms with E-state index in [0.29, 0.717) is 17.4 Å². The van der Waals surface area contributed by atoms with Gasteiger partial charge in [0.2, 0.25) is 0 Å². The summed E-state index contributed by atoms with van der Waals surface area (Å²) < 4.78 is 1.62. The van der Waals surface area contributed by atoms with E-state index in [1.54, 1.807) is 11.7 Å². The fourth-order valence-corrected chi connectivity index (χ4v) is 4.86. The SMILES string of the molecule is CCc1nn(C)c(C(=O)NC2C3C4CCC(C4)C23)c1N. The number of nitrogens with zero attached hydrogens (tertiary/aromatic N) is 2. The predicted molar refractivity (Wildman–Crippen MR) is 76.1 cm³/mol. The van der Waals surface area contributed by atoms with Crippen LogP contribution in [0.4, 0.5) is 5.69 Å². The Morgan fingerprint density at radius 1 is 1.40 bits per heavy atom. The molecule has 5 heteroatoms. The molecule has 2 bridgehead atoms. The quantitative estimate of drug-likeness (QED) is 0.873. The number of rotatable bonds is 3. The van der Waals surface area contributed by atoms with Crippen molar-refractivity contribution in [3.8, 4) is 0 Å². The summed E-state index contributed by atoms with van der Waals surface area (Å²) in [6, 6.07) is 0.396. The second kappa shape index (κ2) is 3.99. The molecule has 3 aliphatic rings. The molecule has 4 atom stereocenters. The number of hydrogen-bond donors (Lipinski definition) is 2. The van der Waals surface area contributed by atoms with E-state index in [9.17, 15) is 4.79 Å². The van der Waals surface area contributed by atoms with Crippen molar-refractivity contribution < 1.29 is 4.79 Å². The summed E-state index contributed by atoms with van der Waals surface area (Å²) in [5.74, 6) is 3.18. The number of fused-ring (bicyclic) bond motifs is 5. The van der Waals surface area contributed by atoms with Crippen molar-refractivity contribution in [2.24, 2.45) is 30.7 Å². The Hall–Kier alpha value is -1.52. The topological polar surface area (TPSA) is 72.9 Å². The van der Waals surface area contributed by atoms with Crippen molar-refractivity contribution >= 4 is 11.6 Å². The molecule has 1 aromatic rings. The lowest BCUT2D eigenvalue weighted by molar-refractivity contribution is 0.0935. The van der Waals surface area contributed by atoms with Gasteiger partial charge in [-0.15, -0.1) is 0 Å². The van der Waals surface area contributed by atoms with Crippen molar-refractivity contribution in [3.05, 3.63) is 11.4 Å². The van der Waals surface area contributed by atoms with Crippen LogP contribution in [-0.4, -0.2) is 21.7 Å². The van der Waals surface area contributed by atoms with Crippen LogP contribution in [0.5, 0.6) is 0 Å². The van der Waals surface area contributed by atoms with Gasteiger partial charge in [0.15, 0.2) is 0 Å². The minimum absolute atomic E-state index is 0.0454. The van der Waals surface area contributed by atoms with Crippen molar-refractivity contribution in [2.75, 3.05) is 5.73 Å². The van der Waals surface area contributed by atoms with Crippen LogP contribution in [0.2, 0.25) is 0 Å². The van der Waals surface area contributed by atoms with Crippen molar-refractivity contribution in [1.82, 2.24) is 15.1 Å². The number of nitrogen functional groups attached to an aromatic ring is 1. The van der Waals surface area contributed by atoms with Gasteiger partial charge in [-0.25, -0.2) is 0 Å². The van der Waals surface area contributed by atoms with E-state index in [1.165, 1.54) is 19.3 Å². The van der Waals surface area contributed by atoms with Gasteiger partial charge in [-0.05, 0) is 49.4 Å². The first-order valence-corrected chi connectivity index (χ1v) is 7.74. The van der Waals surface area contributed by atoms with E-state index in [1.807, 2.05) is 6.92 Å². The third kappa shape index (κ3) is 1.49. The number of nitrogens with one attached hydrogen (secondary N) is 1. The first-order valence-electron chi connectivity index (χ1n) is 7.74. The predicted octanol–water partition coefficient (Wildman–Crippen LogP) is 1.34.